The van der Waals surface area contributed by atoms with Gasteiger partial charge in [0.25, 0.3) is 5.91 Å². The molecule has 0 N–H and O–H groups in total. The van der Waals surface area contributed by atoms with Gasteiger partial charge in [0, 0.05) is 32.4 Å². The highest BCUT2D eigenvalue weighted by atomic mass is 35.5. The number of hydrogen-bond donors (Lipinski definition) is 0. The monoisotopic (exact) mass is 281 g/mol. The van der Waals surface area contributed by atoms with E-state index in [0.717, 1.165) is 6.42 Å². The minimum absolute atomic E-state index is 0.00577. The molecule has 0 unspecified atom stereocenters. The lowest BCUT2D eigenvalue weighted by molar-refractivity contribution is -0.128. The molecule has 1 fully saturated rings. The van der Waals surface area contributed by atoms with Crippen LogP contribution in [0.25, 0.3) is 0 Å². The molecule has 1 aliphatic heterocycles. The zero-order valence-electron chi connectivity index (χ0n) is 10.6. The van der Waals surface area contributed by atoms with E-state index in [1.54, 1.807) is 34.2 Å². The number of aromatic nitrogens is 1. The fraction of sp³-hybridized carbons (Fsp3) is 0.462. The first-order valence-electron chi connectivity index (χ1n) is 6.26. The molecule has 5 nitrogen and oxygen atoms in total. The van der Waals surface area contributed by atoms with Crippen molar-refractivity contribution in [2.75, 3.05) is 32.1 Å². The molecule has 0 saturated carbocycles. The molecule has 102 valence electrons. The van der Waals surface area contributed by atoms with E-state index in [1.807, 2.05) is 0 Å². The van der Waals surface area contributed by atoms with E-state index in [4.69, 9.17) is 11.6 Å². The number of nitrogens with zero attached hydrogens (tertiary/aromatic N) is 3. The van der Waals surface area contributed by atoms with Crippen molar-refractivity contribution in [2.45, 2.75) is 6.42 Å². The summed E-state index contributed by atoms with van der Waals surface area (Å²) in [5.41, 5.74) is 0.444. The van der Waals surface area contributed by atoms with Crippen LogP contribution in [-0.2, 0) is 4.79 Å². The van der Waals surface area contributed by atoms with Crippen LogP contribution in [0.3, 0.4) is 0 Å². The highest BCUT2D eigenvalue weighted by molar-refractivity contribution is 6.27. The highest BCUT2D eigenvalue weighted by Crippen LogP contribution is 2.08. The van der Waals surface area contributed by atoms with Gasteiger partial charge in [-0.25, -0.2) is 0 Å². The molecule has 2 heterocycles. The van der Waals surface area contributed by atoms with Crippen LogP contribution in [0.15, 0.2) is 24.4 Å². The molecular formula is C13H16ClN3O2. The zero-order chi connectivity index (χ0) is 13.7. The van der Waals surface area contributed by atoms with Crippen LogP contribution >= 0.6 is 11.6 Å². The Balaban J connectivity index is 2.00. The molecule has 2 rings (SSSR count). The first-order valence-corrected chi connectivity index (χ1v) is 6.80. The van der Waals surface area contributed by atoms with Crippen molar-refractivity contribution >= 4 is 23.4 Å². The first kappa shape index (κ1) is 13.8. The summed E-state index contributed by atoms with van der Waals surface area (Å²) in [6.07, 6.45) is 2.37. The van der Waals surface area contributed by atoms with Crippen molar-refractivity contribution in [1.29, 1.82) is 0 Å². The molecule has 1 aromatic heterocycles. The number of halogens is 1. The Morgan fingerprint density at radius 1 is 1.16 bits per heavy atom. The second kappa shape index (κ2) is 6.52. The number of rotatable bonds is 2. The van der Waals surface area contributed by atoms with Gasteiger partial charge in [0.15, 0.2) is 0 Å². The lowest BCUT2D eigenvalue weighted by Gasteiger charge is -2.21. The largest absolute Gasteiger partial charge is 0.340 e. The van der Waals surface area contributed by atoms with Gasteiger partial charge < -0.3 is 9.80 Å². The van der Waals surface area contributed by atoms with Crippen LogP contribution in [0.1, 0.15) is 16.9 Å². The third-order valence-corrected chi connectivity index (χ3v) is 3.36. The predicted molar refractivity (Wildman–Crippen MR) is 72.1 cm³/mol. The number of pyridine rings is 1. The summed E-state index contributed by atoms with van der Waals surface area (Å²) in [7, 11) is 0. The second-order valence-corrected chi connectivity index (χ2v) is 4.64. The van der Waals surface area contributed by atoms with Gasteiger partial charge in [0.2, 0.25) is 5.91 Å². The Bertz CT molecular complexity index is 452. The predicted octanol–water partition coefficient (Wildman–Crippen LogP) is 0.995. The highest BCUT2D eigenvalue weighted by Gasteiger charge is 2.22. The van der Waals surface area contributed by atoms with Crippen molar-refractivity contribution in [2.24, 2.45) is 0 Å². The number of hydrogen-bond acceptors (Lipinski definition) is 3. The molecule has 0 spiro atoms. The average Bonchev–Trinajstić information content (AvgIpc) is 2.72. The maximum absolute atomic E-state index is 12.2. The summed E-state index contributed by atoms with van der Waals surface area (Å²) < 4.78 is 0. The molecule has 6 heteroatoms. The van der Waals surface area contributed by atoms with Gasteiger partial charge in [0.1, 0.15) is 11.6 Å². The molecule has 0 aromatic carbocycles. The smallest absolute Gasteiger partial charge is 0.272 e. The molecule has 0 atom stereocenters. The van der Waals surface area contributed by atoms with Gasteiger partial charge in [-0.3, -0.25) is 14.6 Å². The molecule has 0 bridgehead atoms. The Labute approximate surface area is 117 Å². The van der Waals surface area contributed by atoms with E-state index in [1.165, 1.54) is 0 Å². The summed E-state index contributed by atoms with van der Waals surface area (Å²) in [4.78, 5) is 31.3. The fourth-order valence-electron chi connectivity index (χ4n) is 2.11. The van der Waals surface area contributed by atoms with Crippen molar-refractivity contribution < 1.29 is 9.59 Å². The maximum Gasteiger partial charge on any atom is 0.272 e. The lowest BCUT2D eigenvalue weighted by Crippen LogP contribution is -2.38. The Hall–Kier alpha value is -1.62. The van der Waals surface area contributed by atoms with E-state index < -0.39 is 0 Å². The second-order valence-electron chi connectivity index (χ2n) is 4.38. The third kappa shape index (κ3) is 3.44. The van der Waals surface area contributed by atoms with E-state index in [0.29, 0.717) is 31.9 Å². The molecule has 0 aliphatic carbocycles. The van der Waals surface area contributed by atoms with E-state index >= 15 is 0 Å². The maximum atomic E-state index is 12.2. The molecule has 1 saturated heterocycles. The van der Waals surface area contributed by atoms with Crippen LogP contribution in [0.4, 0.5) is 0 Å². The van der Waals surface area contributed by atoms with Crippen LogP contribution < -0.4 is 0 Å². The van der Waals surface area contributed by atoms with E-state index in [-0.39, 0.29) is 17.7 Å². The van der Waals surface area contributed by atoms with Gasteiger partial charge in [-0.15, -0.1) is 11.6 Å². The fourth-order valence-corrected chi connectivity index (χ4v) is 2.27. The molecule has 1 aromatic rings. The zero-order valence-corrected chi connectivity index (χ0v) is 11.3. The van der Waals surface area contributed by atoms with Crippen LogP contribution in [0.2, 0.25) is 0 Å². The van der Waals surface area contributed by atoms with Gasteiger partial charge in [-0.1, -0.05) is 6.07 Å². The summed E-state index contributed by atoms with van der Waals surface area (Å²) in [6, 6.07) is 5.27. The Morgan fingerprint density at radius 2 is 1.89 bits per heavy atom. The number of carbonyl (C=O) groups excluding carboxylic acids is 2. The minimum Gasteiger partial charge on any atom is -0.340 e. The summed E-state index contributed by atoms with van der Waals surface area (Å²) >= 11 is 5.55. The standard InChI is InChI=1S/C13H16ClN3O2/c14-10-12(18)16-6-3-7-17(9-8-16)13(19)11-4-1-2-5-15-11/h1-2,4-5H,3,6-10H2. The van der Waals surface area contributed by atoms with Crippen LogP contribution in [0, 0.1) is 0 Å². The van der Waals surface area contributed by atoms with Crippen LogP contribution in [0.5, 0.6) is 0 Å². The van der Waals surface area contributed by atoms with Gasteiger partial charge >= 0.3 is 0 Å². The lowest BCUT2D eigenvalue weighted by atomic mass is 10.3. The summed E-state index contributed by atoms with van der Waals surface area (Å²) in [6.45, 7) is 2.35. The van der Waals surface area contributed by atoms with Gasteiger partial charge in [-0.2, -0.15) is 0 Å². The Morgan fingerprint density at radius 3 is 2.58 bits per heavy atom. The molecule has 19 heavy (non-hydrogen) atoms. The van der Waals surface area contributed by atoms with E-state index in [9.17, 15) is 9.59 Å². The van der Waals surface area contributed by atoms with Crippen molar-refractivity contribution in [1.82, 2.24) is 14.8 Å². The minimum atomic E-state index is -0.0826. The molecular weight excluding hydrogens is 266 g/mol. The number of alkyl halides is 1. The van der Waals surface area contributed by atoms with E-state index in [2.05, 4.69) is 4.98 Å². The average molecular weight is 282 g/mol. The topological polar surface area (TPSA) is 53.5 Å². The van der Waals surface area contributed by atoms with Gasteiger partial charge in [0.05, 0.1) is 0 Å². The van der Waals surface area contributed by atoms with Crippen molar-refractivity contribution in [3.63, 3.8) is 0 Å². The number of amides is 2. The van der Waals surface area contributed by atoms with Crippen molar-refractivity contribution in [3.05, 3.63) is 30.1 Å². The molecule has 2 amide bonds. The first-order chi connectivity index (χ1) is 9.22. The normalized spacial score (nSPS) is 16.1. The summed E-state index contributed by atoms with van der Waals surface area (Å²) in [5.74, 6) is -0.164. The molecule has 0 radical (unpaired) electrons. The van der Waals surface area contributed by atoms with Crippen molar-refractivity contribution in [3.8, 4) is 0 Å². The third-order valence-electron chi connectivity index (χ3n) is 3.13. The quantitative estimate of drug-likeness (QED) is 0.760. The van der Waals surface area contributed by atoms with Crippen LogP contribution in [-0.4, -0.2) is 58.7 Å². The van der Waals surface area contributed by atoms with Gasteiger partial charge in [-0.05, 0) is 18.6 Å². The molecule has 1 aliphatic rings. The SMILES string of the molecule is O=C(CCl)N1CCCN(C(=O)c2ccccn2)CC1. The Kier molecular flexibility index (Phi) is 4.74. The summed E-state index contributed by atoms with van der Waals surface area (Å²) in [5, 5.41) is 0. The number of carbonyl (C=O) groups is 2.